The number of amides is 3. The van der Waals surface area contributed by atoms with Crippen molar-refractivity contribution < 1.29 is 53.9 Å². The highest BCUT2D eigenvalue weighted by Crippen LogP contribution is 2.58. The number of carbonyl (C=O) groups excluding carboxylic acids is 3. The zero-order chi connectivity index (χ0) is 73.5. The van der Waals surface area contributed by atoms with E-state index in [0.717, 1.165) is 154 Å². The number of hydrogen-bond acceptors (Lipinski definition) is 9. The summed E-state index contributed by atoms with van der Waals surface area (Å²) in [7, 11) is 0. The Balaban J connectivity index is 0.000000139. The van der Waals surface area contributed by atoms with Gasteiger partial charge in [0.05, 0.1) is 32.9 Å². The van der Waals surface area contributed by atoms with Crippen molar-refractivity contribution in [2.75, 3.05) is 39.3 Å². The summed E-state index contributed by atoms with van der Waals surface area (Å²) in [5, 5.41) is 11.1. The molecule has 3 aromatic heterocycles. The Labute approximate surface area is 605 Å². The first-order valence-electron chi connectivity index (χ1n) is 38.0. The van der Waals surface area contributed by atoms with Crippen molar-refractivity contribution in [1.29, 1.82) is 0 Å². The monoisotopic (exact) mass is 1440 g/mol. The molecule has 104 heavy (non-hydrogen) atoms. The van der Waals surface area contributed by atoms with Crippen molar-refractivity contribution in [3.63, 3.8) is 0 Å². The summed E-state index contributed by atoms with van der Waals surface area (Å²) in [6.07, 6.45) is 8.36. The number of fused-ring (bicyclic) bond motifs is 6. The fraction of sp³-hybridized carbons (Fsp3) is 0.566. The molecule has 6 aliphatic carbocycles. The first-order valence-corrected chi connectivity index (χ1v) is 38.0. The number of hydrogen-bond donors (Lipinski definition) is 3. The van der Waals surface area contributed by atoms with E-state index >= 15 is 0 Å². The fourth-order valence-corrected chi connectivity index (χ4v) is 19.8. The molecule has 3 amide bonds. The summed E-state index contributed by atoms with van der Waals surface area (Å²) in [5.74, 6) is 1.49. The number of benzene rings is 3. The van der Waals surface area contributed by atoms with E-state index < -0.39 is 35.2 Å². The third kappa shape index (κ3) is 16.2. The van der Waals surface area contributed by atoms with Crippen LogP contribution < -0.4 is 16.0 Å². The Bertz CT molecular complexity index is 4100. The Morgan fingerprint density at radius 3 is 1.17 bits per heavy atom. The van der Waals surface area contributed by atoms with Crippen LogP contribution in [-0.2, 0) is 91.1 Å². The Hall–Kier alpha value is -7.23. The molecule has 558 valence electrons. The predicted octanol–water partition coefficient (Wildman–Crippen LogP) is 15.8. The molecular formula is C83H100F9N9O3. The standard InChI is InChI=1S/2C28H34F3N3O.C27H32F3N3O/c1-18-5-6-20(19(2)12-18)7-10-32-24-14-22-4-3-9-27(22,15-24)26(35)34-11-8-25-21(17-34)13-23(16-33-25)28(29,30)31;1-18-5-6-19(2)20(12-18)7-10-32-24-14-22-4-3-9-27(22,15-24)26(35)34-11-8-25-21(17-34)13-23(16-33-25)28(29,30)31;1-18-4-6-19(7-5-18)8-11-31-23-14-21-3-2-10-26(21,15-23)25(34)33-12-9-24-20(17-33)13-22(16-32-24)27(28,29)30/h2*5-6,12-13,16,22,24,32H,3-4,7-11,14-15,17H2,1-2H3;4-7,13,16,21,23,31H,2-3,8-12,14-15,17H2,1H3. The third-order valence-corrected chi connectivity index (χ3v) is 25.3. The lowest BCUT2D eigenvalue weighted by atomic mass is 9.78. The SMILES string of the molecule is Cc1ccc(C)c(CCNC2CC3CCCC3(C(=O)N3CCc4ncc(C(F)(F)F)cc4C3)C2)c1.Cc1ccc(CCNC2CC3CCCC3(C(=O)N3CCc4ncc(C(F)(F)F)cc4C3)C2)c(C)c1.Cc1ccc(CCNC2CC3CCCC3(C(=O)N3CCc4ncc(C(F)(F)F)cc4C3)C2)cc1. The summed E-state index contributed by atoms with van der Waals surface area (Å²) in [4.78, 5) is 59.1. The minimum absolute atomic E-state index is 0.140. The van der Waals surface area contributed by atoms with Gasteiger partial charge in [0.15, 0.2) is 0 Å². The third-order valence-electron chi connectivity index (χ3n) is 25.3. The molecule has 9 aliphatic rings. The quantitative estimate of drug-likeness (QED) is 0.0859. The van der Waals surface area contributed by atoms with Crippen molar-refractivity contribution >= 4 is 17.7 Å². The van der Waals surface area contributed by atoms with E-state index in [2.05, 4.69) is 126 Å². The van der Waals surface area contributed by atoms with Crippen molar-refractivity contribution in [1.82, 2.24) is 45.6 Å². The lowest BCUT2D eigenvalue weighted by Crippen LogP contribution is -2.47. The summed E-state index contributed by atoms with van der Waals surface area (Å²) >= 11 is 0. The number of nitrogens with zero attached hydrogens (tertiary/aromatic N) is 6. The molecule has 15 rings (SSSR count). The second-order valence-corrected chi connectivity index (χ2v) is 32.0. The van der Waals surface area contributed by atoms with Gasteiger partial charge in [0.1, 0.15) is 0 Å². The molecule has 0 radical (unpaired) electrons. The number of pyridine rings is 3. The van der Waals surface area contributed by atoms with Gasteiger partial charge in [0.2, 0.25) is 17.7 Å². The molecule has 6 saturated carbocycles. The second kappa shape index (κ2) is 30.6. The van der Waals surface area contributed by atoms with Crippen LogP contribution in [0.4, 0.5) is 39.5 Å². The van der Waals surface area contributed by atoms with Crippen LogP contribution in [0.1, 0.15) is 191 Å². The molecule has 6 aromatic rings. The zero-order valence-corrected chi connectivity index (χ0v) is 60.7. The average Bonchev–Trinajstić information content (AvgIpc) is 1.59. The first-order chi connectivity index (χ1) is 49.6. The van der Waals surface area contributed by atoms with Crippen LogP contribution in [0.2, 0.25) is 0 Å². The molecule has 3 aliphatic heterocycles. The number of nitrogens with one attached hydrogen (secondary N) is 3. The van der Waals surface area contributed by atoms with Gasteiger partial charge in [-0.25, -0.2) is 0 Å². The van der Waals surface area contributed by atoms with Gasteiger partial charge in [-0.05, 0) is 231 Å². The van der Waals surface area contributed by atoms with Crippen molar-refractivity contribution in [2.45, 2.75) is 226 Å². The number of rotatable bonds is 15. The van der Waals surface area contributed by atoms with Crippen molar-refractivity contribution in [3.05, 3.63) is 192 Å². The maximum atomic E-state index is 13.9. The van der Waals surface area contributed by atoms with Crippen LogP contribution in [0.3, 0.4) is 0 Å². The van der Waals surface area contributed by atoms with Gasteiger partial charge in [-0.15, -0.1) is 0 Å². The summed E-state index contributed by atoms with van der Waals surface area (Å²) < 4.78 is 119. The van der Waals surface area contributed by atoms with E-state index in [9.17, 15) is 53.9 Å². The number of halogens is 9. The van der Waals surface area contributed by atoms with Gasteiger partial charge in [0, 0.05) is 112 Å². The van der Waals surface area contributed by atoms with Gasteiger partial charge in [-0.3, -0.25) is 29.3 Å². The van der Waals surface area contributed by atoms with E-state index in [1.165, 1.54) is 62.7 Å². The van der Waals surface area contributed by atoms with Gasteiger partial charge < -0.3 is 30.7 Å². The highest BCUT2D eigenvalue weighted by molar-refractivity contribution is 5.86. The molecular weight excluding hydrogens is 1340 g/mol. The first kappa shape index (κ1) is 75.0. The topological polar surface area (TPSA) is 136 Å². The maximum Gasteiger partial charge on any atom is 0.417 e. The maximum absolute atomic E-state index is 13.9. The number of alkyl halides is 9. The number of carbonyl (C=O) groups is 3. The minimum Gasteiger partial charge on any atom is -0.337 e. The van der Waals surface area contributed by atoms with E-state index in [1.54, 1.807) is 14.7 Å². The van der Waals surface area contributed by atoms with Gasteiger partial charge in [0.25, 0.3) is 0 Å². The molecule has 3 N–H and O–H groups in total. The Morgan fingerprint density at radius 1 is 0.433 bits per heavy atom. The molecule has 6 heterocycles. The molecule has 0 saturated heterocycles. The molecule has 6 fully saturated rings. The highest BCUT2D eigenvalue weighted by Gasteiger charge is 2.59. The molecule has 12 nitrogen and oxygen atoms in total. The minimum atomic E-state index is -4.43. The molecule has 9 unspecified atom stereocenters. The molecule has 21 heteroatoms. The summed E-state index contributed by atoms with van der Waals surface area (Å²) in [6, 6.07) is 26.2. The van der Waals surface area contributed by atoms with E-state index in [4.69, 9.17) is 0 Å². The van der Waals surface area contributed by atoms with E-state index in [1.807, 2.05) is 0 Å². The highest BCUT2D eigenvalue weighted by atomic mass is 19.4. The second-order valence-electron chi connectivity index (χ2n) is 32.0. The molecule has 9 atom stereocenters. The lowest BCUT2D eigenvalue weighted by molar-refractivity contribution is -0.145. The van der Waals surface area contributed by atoms with Gasteiger partial charge in [-0.1, -0.05) is 96.6 Å². The van der Waals surface area contributed by atoms with Crippen molar-refractivity contribution in [2.24, 2.45) is 34.0 Å². The van der Waals surface area contributed by atoms with Crippen LogP contribution in [0, 0.1) is 68.6 Å². The largest absolute Gasteiger partial charge is 0.417 e. The van der Waals surface area contributed by atoms with E-state index in [0.29, 0.717) is 109 Å². The summed E-state index contributed by atoms with van der Waals surface area (Å²) in [5.41, 5.74) is 10.8. The molecule has 0 spiro atoms. The van der Waals surface area contributed by atoms with Crippen LogP contribution in [0.5, 0.6) is 0 Å². The average molecular weight is 1440 g/mol. The zero-order valence-electron chi connectivity index (χ0n) is 60.7. The van der Waals surface area contributed by atoms with Crippen LogP contribution in [0.15, 0.2) is 97.5 Å². The fourth-order valence-electron chi connectivity index (χ4n) is 19.8. The smallest absolute Gasteiger partial charge is 0.337 e. The van der Waals surface area contributed by atoms with E-state index in [-0.39, 0.29) is 53.6 Å². The predicted molar refractivity (Wildman–Crippen MR) is 382 cm³/mol. The Morgan fingerprint density at radius 2 is 0.788 bits per heavy atom. The summed E-state index contributed by atoms with van der Waals surface area (Å²) in [6.45, 7) is 15.5. The molecule has 0 bridgehead atoms. The van der Waals surface area contributed by atoms with Gasteiger partial charge >= 0.3 is 18.5 Å². The van der Waals surface area contributed by atoms with Crippen molar-refractivity contribution in [3.8, 4) is 0 Å². The van der Waals surface area contributed by atoms with Crippen LogP contribution in [0.25, 0.3) is 0 Å². The normalized spacial score (nSPS) is 26.2. The van der Waals surface area contributed by atoms with Crippen LogP contribution in [-0.4, -0.2) is 105 Å². The van der Waals surface area contributed by atoms with Gasteiger partial charge in [-0.2, -0.15) is 39.5 Å². The number of aryl methyl sites for hydroxylation is 5. The lowest BCUT2D eigenvalue weighted by Gasteiger charge is -2.37. The van der Waals surface area contributed by atoms with Crippen LogP contribution >= 0.6 is 0 Å². The number of aromatic nitrogens is 3. The Kier molecular flexibility index (Phi) is 22.0. The molecule has 3 aromatic carbocycles.